The van der Waals surface area contributed by atoms with Crippen LogP contribution in [0.25, 0.3) is 0 Å². The molecule has 7 heteroatoms. The molecule has 5 nitrogen and oxygen atoms in total. The van der Waals surface area contributed by atoms with Gasteiger partial charge >= 0.3 is 0 Å². The second-order valence-electron chi connectivity index (χ2n) is 8.87. The lowest BCUT2D eigenvalue weighted by Gasteiger charge is -2.40. The van der Waals surface area contributed by atoms with E-state index in [0.29, 0.717) is 30.1 Å². The third-order valence-electron chi connectivity index (χ3n) is 6.71. The Bertz CT molecular complexity index is 596. The van der Waals surface area contributed by atoms with Crippen molar-refractivity contribution in [3.63, 3.8) is 0 Å². The summed E-state index contributed by atoms with van der Waals surface area (Å²) in [4.78, 5) is 4.79. The van der Waals surface area contributed by atoms with Crippen LogP contribution in [0.5, 0.6) is 0 Å². The zero-order chi connectivity index (χ0) is 18.6. The summed E-state index contributed by atoms with van der Waals surface area (Å²) in [5, 5.41) is 7.21. The number of guanidine groups is 1. The van der Waals surface area contributed by atoms with Crippen molar-refractivity contribution in [2.75, 3.05) is 18.1 Å². The largest absolute Gasteiger partial charge is 0.354 e. The first-order valence-electron chi connectivity index (χ1n) is 10.7. The van der Waals surface area contributed by atoms with Gasteiger partial charge in [-0.15, -0.1) is 24.0 Å². The monoisotopic (exact) mass is 511 g/mol. The van der Waals surface area contributed by atoms with Gasteiger partial charge in [-0.2, -0.15) is 0 Å². The van der Waals surface area contributed by atoms with Crippen LogP contribution < -0.4 is 10.6 Å². The first kappa shape index (κ1) is 23.2. The van der Waals surface area contributed by atoms with Gasteiger partial charge in [0.25, 0.3) is 0 Å². The number of aliphatic imine (C=N–C) groups is 1. The molecule has 1 aliphatic heterocycles. The predicted molar refractivity (Wildman–Crippen MR) is 124 cm³/mol. The number of nitrogens with zero attached hydrogens (tertiary/aromatic N) is 1. The third kappa shape index (κ3) is 7.05. The summed E-state index contributed by atoms with van der Waals surface area (Å²) in [5.74, 6) is 3.56. The molecule has 2 N–H and O–H groups in total. The molecule has 0 aromatic heterocycles. The standard InChI is InChI=1S/C20H37N3O2S.HI/c1-3-15(2)22-20(21-13-16-10-11-26(24,25)14-16)23-19-9-8-17-6-4-5-7-18(17)12-19;/h15-19H,3-14H2,1-2H3,(H2,21,22,23);1H. The third-order valence-corrected chi connectivity index (χ3v) is 8.55. The van der Waals surface area contributed by atoms with E-state index in [1.165, 1.54) is 44.9 Å². The van der Waals surface area contributed by atoms with Gasteiger partial charge in [0.15, 0.2) is 15.8 Å². The molecule has 0 aromatic carbocycles. The number of hydrogen-bond acceptors (Lipinski definition) is 3. The highest BCUT2D eigenvalue weighted by Gasteiger charge is 2.33. The summed E-state index contributed by atoms with van der Waals surface area (Å²) in [5.41, 5.74) is 0. The minimum absolute atomic E-state index is 0. The molecule has 0 aromatic rings. The van der Waals surface area contributed by atoms with Crippen molar-refractivity contribution < 1.29 is 8.42 Å². The van der Waals surface area contributed by atoms with Crippen molar-refractivity contribution in [2.45, 2.75) is 83.7 Å². The average molecular weight is 512 g/mol. The van der Waals surface area contributed by atoms with E-state index in [1.807, 2.05) is 0 Å². The van der Waals surface area contributed by atoms with Crippen LogP contribution in [0.4, 0.5) is 0 Å². The number of halogens is 1. The molecule has 3 fully saturated rings. The van der Waals surface area contributed by atoms with E-state index in [2.05, 4.69) is 24.5 Å². The first-order valence-corrected chi connectivity index (χ1v) is 12.5. The molecule has 0 amide bonds. The maximum atomic E-state index is 11.7. The summed E-state index contributed by atoms with van der Waals surface area (Å²) in [7, 11) is -2.82. The maximum absolute atomic E-state index is 11.7. The Kier molecular flexibility index (Phi) is 9.16. The van der Waals surface area contributed by atoms with Crippen molar-refractivity contribution in [3.05, 3.63) is 0 Å². The minimum atomic E-state index is -2.82. The Hall–Kier alpha value is -0.0500. The van der Waals surface area contributed by atoms with Crippen LogP contribution in [0.2, 0.25) is 0 Å². The summed E-state index contributed by atoms with van der Waals surface area (Å²) < 4.78 is 23.4. The Balaban J connectivity index is 0.00000261. The molecule has 5 unspecified atom stereocenters. The molecule has 0 spiro atoms. The Morgan fingerprint density at radius 2 is 1.85 bits per heavy atom. The quantitative estimate of drug-likeness (QED) is 0.335. The van der Waals surface area contributed by atoms with Crippen LogP contribution in [0.3, 0.4) is 0 Å². The highest BCUT2D eigenvalue weighted by Crippen LogP contribution is 2.40. The summed E-state index contributed by atoms with van der Waals surface area (Å²) in [6, 6.07) is 0.886. The van der Waals surface area contributed by atoms with Crippen LogP contribution in [-0.2, 0) is 9.84 Å². The van der Waals surface area contributed by atoms with Gasteiger partial charge in [-0.25, -0.2) is 8.42 Å². The smallest absolute Gasteiger partial charge is 0.191 e. The van der Waals surface area contributed by atoms with E-state index in [9.17, 15) is 8.42 Å². The lowest BCUT2D eigenvalue weighted by Crippen LogP contribution is -2.49. The molecule has 0 radical (unpaired) electrons. The van der Waals surface area contributed by atoms with Gasteiger partial charge in [0.2, 0.25) is 0 Å². The van der Waals surface area contributed by atoms with E-state index < -0.39 is 9.84 Å². The zero-order valence-electron chi connectivity index (χ0n) is 17.0. The fourth-order valence-corrected chi connectivity index (χ4v) is 6.75. The summed E-state index contributed by atoms with van der Waals surface area (Å²) in [6.45, 7) is 4.96. The minimum Gasteiger partial charge on any atom is -0.354 e. The van der Waals surface area contributed by atoms with Crippen molar-refractivity contribution in [3.8, 4) is 0 Å². The molecule has 1 saturated heterocycles. The van der Waals surface area contributed by atoms with Crippen LogP contribution in [0.15, 0.2) is 4.99 Å². The molecule has 0 bridgehead atoms. The van der Waals surface area contributed by atoms with Gasteiger partial charge in [0.05, 0.1) is 11.5 Å². The van der Waals surface area contributed by atoms with Gasteiger partial charge in [-0.05, 0) is 56.8 Å². The number of fused-ring (bicyclic) bond motifs is 1. The van der Waals surface area contributed by atoms with E-state index in [1.54, 1.807) is 0 Å². The van der Waals surface area contributed by atoms with Gasteiger partial charge in [-0.1, -0.05) is 32.6 Å². The summed E-state index contributed by atoms with van der Waals surface area (Å²) in [6.07, 6.45) is 11.3. The Morgan fingerprint density at radius 3 is 2.52 bits per heavy atom. The van der Waals surface area contributed by atoms with Gasteiger partial charge in [0, 0.05) is 18.6 Å². The second-order valence-corrected chi connectivity index (χ2v) is 11.1. The number of nitrogens with one attached hydrogen (secondary N) is 2. The van der Waals surface area contributed by atoms with Crippen LogP contribution in [0, 0.1) is 17.8 Å². The lowest BCUT2D eigenvalue weighted by molar-refractivity contribution is 0.150. The van der Waals surface area contributed by atoms with Crippen molar-refractivity contribution in [2.24, 2.45) is 22.7 Å². The zero-order valence-corrected chi connectivity index (χ0v) is 20.1. The lowest BCUT2D eigenvalue weighted by atomic mass is 9.69. The molecule has 5 atom stereocenters. The van der Waals surface area contributed by atoms with Crippen molar-refractivity contribution in [1.82, 2.24) is 10.6 Å². The van der Waals surface area contributed by atoms with Crippen LogP contribution in [-0.4, -0.2) is 44.5 Å². The molecular weight excluding hydrogens is 473 g/mol. The van der Waals surface area contributed by atoms with Crippen molar-refractivity contribution in [1.29, 1.82) is 0 Å². The van der Waals surface area contributed by atoms with E-state index in [4.69, 9.17) is 4.99 Å². The Labute approximate surface area is 182 Å². The topological polar surface area (TPSA) is 70.6 Å². The van der Waals surface area contributed by atoms with Crippen LogP contribution >= 0.6 is 24.0 Å². The molecule has 158 valence electrons. The Morgan fingerprint density at radius 1 is 1.11 bits per heavy atom. The fraction of sp³-hybridized carbons (Fsp3) is 0.950. The van der Waals surface area contributed by atoms with Gasteiger partial charge in [-0.3, -0.25) is 4.99 Å². The molecule has 2 aliphatic carbocycles. The molecular formula is C20H38IN3O2S. The van der Waals surface area contributed by atoms with E-state index in [0.717, 1.165) is 30.6 Å². The highest BCUT2D eigenvalue weighted by atomic mass is 127. The molecule has 3 aliphatic rings. The van der Waals surface area contributed by atoms with Gasteiger partial charge in [0.1, 0.15) is 0 Å². The van der Waals surface area contributed by atoms with Gasteiger partial charge < -0.3 is 10.6 Å². The molecule has 2 saturated carbocycles. The average Bonchev–Trinajstić information content (AvgIpc) is 2.98. The SMILES string of the molecule is CCC(C)NC(=NCC1CCS(=O)(=O)C1)NC1CCC2CCCCC2C1.I. The molecule has 1 heterocycles. The first-order chi connectivity index (χ1) is 12.4. The van der Waals surface area contributed by atoms with Crippen LogP contribution in [0.1, 0.15) is 71.6 Å². The fourth-order valence-electron chi connectivity index (χ4n) is 4.90. The number of sulfone groups is 1. The summed E-state index contributed by atoms with van der Waals surface area (Å²) >= 11 is 0. The van der Waals surface area contributed by atoms with Crippen molar-refractivity contribution >= 4 is 39.8 Å². The van der Waals surface area contributed by atoms with E-state index >= 15 is 0 Å². The number of rotatable bonds is 5. The highest BCUT2D eigenvalue weighted by molar-refractivity contribution is 14.0. The maximum Gasteiger partial charge on any atom is 0.191 e. The predicted octanol–water partition coefficient (Wildman–Crippen LogP) is 3.73. The number of hydrogen-bond donors (Lipinski definition) is 2. The molecule has 3 rings (SSSR count). The molecule has 27 heavy (non-hydrogen) atoms. The van der Waals surface area contributed by atoms with E-state index in [-0.39, 0.29) is 29.9 Å². The normalized spacial score (nSPS) is 34.2. The second kappa shape index (κ2) is 10.6.